The average Bonchev–Trinajstić information content (AvgIpc) is 2.79. The zero-order valence-electron chi connectivity index (χ0n) is 17.8. The van der Waals surface area contributed by atoms with Crippen molar-refractivity contribution < 1.29 is 17.9 Å². The van der Waals surface area contributed by atoms with E-state index in [0.29, 0.717) is 33.7 Å². The lowest BCUT2D eigenvalue weighted by molar-refractivity contribution is 0.0955. The maximum absolute atomic E-state index is 12.2. The number of benzene rings is 3. The molecule has 0 aromatic heterocycles. The van der Waals surface area contributed by atoms with E-state index in [0.717, 1.165) is 21.7 Å². The first kappa shape index (κ1) is 24.6. The Hall–Kier alpha value is -3.07. The highest BCUT2D eigenvalue weighted by Crippen LogP contribution is 2.23. The van der Waals surface area contributed by atoms with E-state index in [1.807, 2.05) is 6.07 Å². The molecule has 1 N–H and O–H groups in total. The van der Waals surface area contributed by atoms with Crippen molar-refractivity contribution in [2.75, 3.05) is 17.6 Å². The lowest BCUT2D eigenvalue weighted by atomic mass is 10.2. The van der Waals surface area contributed by atoms with Crippen LogP contribution >= 0.6 is 23.2 Å². The Labute approximate surface area is 202 Å². The molecule has 0 atom stereocenters. The molecule has 1 amide bonds. The summed E-state index contributed by atoms with van der Waals surface area (Å²) in [6.07, 6.45) is 2.61. The van der Waals surface area contributed by atoms with Crippen LogP contribution in [0, 0.1) is 0 Å². The summed E-state index contributed by atoms with van der Waals surface area (Å²) < 4.78 is 30.0. The number of ether oxygens (including phenoxy) is 1. The maximum Gasteiger partial charge on any atom is 0.271 e. The zero-order valence-corrected chi connectivity index (χ0v) is 20.2. The van der Waals surface area contributed by atoms with Gasteiger partial charge in [0, 0.05) is 12.6 Å². The number of nitrogens with one attached hydrogen (secondary N) is 1. The molecule has 0 aliphatic rings. The van der Waals surface area contributed by atoms with Crippen molar-refractivity contribution >= 4 is 51.0 Å². The molecule has 33 heavy (non-hydrogen) atoms. The number of halogens is 2. The van der Waals surface area contributed by atoms with Crippen molar-refractivity contribution in [1.29, 1.82) is 0 Å². The van der Waals surface area contributed by atoms with E-state index >= 15 is 0 Å². The highest BCUT2D eigenvalue weighted by Gasteiger charge is 2.12. The molecule has 0 bridgehead atoms. The Morgan fingerprint density at radius 1 is 1.03 bits per heavy atom. The predicted octanol–water partition coefficient (Wildman–Crippen LogP) is 4.73. The Morgan fingerprint density at radius 2 is 1.70 bits per heavy atom. The molecular weight excluding hydrogens is 485 g/mol. The lowest BCUT2D eigenvalue weighted by Gasteiger charge is -2.16. The molecule has 10 heteroatoms. The van der Waals surface area contributed by atoms with Gasteiger partial charge in [-0.2, -0.15) is 5.10 Å². The van der Waals surface area contributed by atoms with E-state index in [2.05, 4.69) is 10.5 Å². The third-order valence-electron chi connectivity index (χ3n) is 4.64. The van der Waals surface area contributed by atoms with Crippen molar-refractivity contribution in [3.8, 4) is 5.75 Å². The first-order chi connectivity index (χ1) is 15.6. The van der Waals surface area contributed by atoms with E-state index in [9.17, 15) is 13.2 Å². The fourth-order valence-electron chi connectivity index (χ4n) is 2.69. The normalized spacial score (nSPS) is 11.4. The largest absolute Gasteiger partial charge is 0.489 e. The van der Waals surface area contributed by atoms with Crippen molar-refractivity contribution in [2.45, 2.75) is 6.61 Å². The summed E-state index contributed by atoms with van der Waals surface area (Å²) in [5.41, 5.74) is 4.91. The quantitative estimate of drug-likeness (QED) is 0.354. The fourth-order valence-corrected chi connectivity index (χ4v) is 3.52. The first-order valence-electron chi connectivity index (χ1n) is 9.67. The third kappa shape index (κ3) is 6.95. The van der Waals surface area contributed by atoms with Gasteiger partial charge in [0.15, 0.2) is 0 Å². The molecular formula is C23H21Cl2N3O4S. The van der Waals surface area contributed by atoms with Crippen molar-refractivity contribution in [3.05, 3.63) is 93.5 Å². The van der Waals surface area contributed by atoms with Crippen molar-refractivity contribution in [3.63, 3.8) is 0 Å². The van der Waals surface area contributed by atoms with Crippen LogP contribution in [0.15, 0.2) is 71.8 Å². The van der Waals surface area contributed by atoms with Gasteiger partial charge in [-0.15, -0.1) is 0 Å². The molecule has 3 rings (SSSR count). The van der Waals surface area contributed by atoms with Crippen LogP contribution in [0.1, 0.15) is 21.5 Å². The van der Waals surface area contributed by atoms with Crippen LogP contribution in [0.3, 0.4) is 0 Å². The first-order valence-corrected chi connectivity index (χ1v) is 12.3. The SMILES string of the molecule is CN(c1ccc(C(=O)N/N=C\c2ccc(OCc3ccc(Cl)c(Cl)c3)cc2)cc1)S(C)(=O)=O. The lowest BCUT2D eigenvalue weighted by Crippen LogP contribution is -2.25. The third-order valence-corrected chi connectivity index (χ3v) is 6.58. The minimum atomic E-state index is -3.37. The van der Waals surface area contributed by atoms with Gasteiger partial charge in [0.2, 0.25) is 10.0 Å². The number of hydrazone groups is 1. The molecule has 0 spiro atoms. The Balaban J connectivity index is 1.52. The van der Waals surface area contributed by atoms with Gasteiger partial charge in [-0.05, 0) is 71.8 Å². The van der Waals surface area contributed by atoms with E-state index in [-0.39, 0.29) is 0 Å². The van der Waals surface area contributed by atoms with Crippen LogP contribution in [0.5, 0.6) is 5.75 Å². The number of rotatable bonds is 8. The second-order valence-corrected chi connectivity index (χ2v) is 9.91. The predicted molar refractivity (Wildman–Crippen MR) is 132 cm³/mol. The molecule has 0 saturated carbocycles. The zero-order chi connectivity index (χ0) is 24.0. The molecule has 0 heterocycles. The molecule has 172 valence electrons. The van der Waals surface area contributed by atoms with Gasteiger partial charge in [-0.1, -0.05) is 29.3 Å². The summed E-state index contributed by atoms with van der Waals surface area (Å²) in [4.78, 5) is 12.2. The monoisotopic (exact) mass is 505 g/mol. The summed E-state index contributed by atoms with van der Waals surface area (Å²) in [6.45, 7) is 0.346. The molecule has 0 saturated heterocycles. The smallest absolute Gasteiger partial charge is 0.271 e. The second-order valence-electron chi connectivity index (χ2n) is 7.08. The summed E-state index contributed by atoms with van der Waals surface area (Å²) >= 11 is 11.9. The van der Waals surface area contributed by atoms with Gasteiger partial charge in [0.05, 0.1) is 28.2 Å². The molecule has 3 aromatic carbocycles. The Bertz CT molecular complexity index is 1260. The molecule has 0 radical (unpaired) electrons. The second kappa shape index (κ2) is 10.7. The summed E-state index contributed by atoms with van der Waals surface area (Å²) in [7, 11) is -1.93. The van der Waals surface area contributed by atoms with E-state index < -0.39 is 15.9 Å². The number of nitrogens with zero attached hydrogens (tertiary/aromatic N) is 2. The van der Waals surface area contributed by atoms with Gasteiger partial charge in [-0.3, -0.25) is 9.10 Å². The van der Waals surface area contributed by atoms with Crippen LogP contribution in [-0.2, 0) is 16.6 Å². The standard InChI is InChI=1S/C23H21Cl2N3O4S/c1-28(33(2,30)31)19-8-6-18(7-9-19)23(29)27-26-14-16-3-10-20(11-4-16)32-15-17-5-12-21(24)22(25)13-17/h3-14H,15H2,1-2H3,(H,27,29)/b26-14-. The number of amides is 1. The number of hydrogen-bond acceptors (Lipinski definition) is 5. The Morgan fingerprint density at radius 3 is 2.30 bits per heavy atom. The molecule has 7 nitrogen and oxygen atoms in total. The number of carbonyl (C=O) groups is 1. The minimum Gasteiger partial charge on any atom is -0.489 e. The van der Waals surface area contributed by atoms with Crippen LogP contribution in [0.25, 0.3) is 0 Å². The highest BCUT2D eigenvalue weighted by molar-refractivity contribution is 7.92. The van der Waals surface area contributed by atoms with Gasteiger partial charge >= 0.3 is 0 Å². The highest BCUT2D eigenvalue weighted by atomic mass is 35.5. The number of hydrogen-bond donors (Lipinski definition) is 1. The van der Waals surface area contributed by atoms with Gasteiger partial charge < -0.3 is 4.74 Å². The minimum absolute atomic E-state index is 0.346. The summed E-state index contributed by atoms with van der Waals surface area (Å²) in [5.74, 6) is 0.253. The molecule has 0 fully saturated rings. The van der Waals surface area contributed by atoms with Crippen LogP contribution in [0.2, 0.25) is 10.0 Å². The van der Waals surface area contributed by atoms with Gasteiger partial charge in [0.1, 0.15) is 12.4 Å². The average molecular weight is 506 g/mol. The van der Waals surface area contributed by atoms with Crippen LogP contribution in [0.4, 0.5) is 5.69 Å². The number of carbonyl (C=O) groups excluding carboxylic acids is 1. The van der Waals surface area contributed by atoms with Gasteiger partial charge in [-0.25, -0.2) is 13.8 Å². The Kier molecular flexibility index (Phi) is 7.97. The van der Waals surface area contributed by atoms with E-state index in [1.165, 1.54) is 25.4 Å². The van der Waals surface area contributed by atoms with Crippen LogP contribution in [-0.4, -0.2) is 33.8 Å². The molecule has 3 aromatic rings. The van der Waals surface area contributed by atoms with Crippen LogP contribution < -0.4 is 14.5 Å². The van der Waals surface area contributed by atoms with E-state index in [1.54, 1.807) is 48.5 Å². The molecule has 0 unspecified atom stereocenters. The molecule has 0 aliphatic carbocycles. The van der Waals surface area contributed by atoms with Crippen molar-refractivity contribution in [2.24, 2.45) is 5.10 Å². The van der Waals surface area contributed by atoms with Crippen molar-refractivity contribution in [1.82, 2.24) is 5.43 Å². The number of sulfonamides is 1. The summed E-state index contributed by atoms with van der Waals surface area (Å²) in [6, 6.07) is 18.7. The topological polar surface area (TPSA) is 88.1 Å². The van der Waals surface area contributed by atoms with E-state index in [4.69, 9.17) is 27.9 Å². The summed E-state index contributed by atoms with van der Waals surface area (Å²) in [5, 5.41) is 4.93. The maximum atomic E-state index is 12.2. The number of anilines is 1. The van der Waals surface area contributed by atoms with Gasteiger partial charge in [0.25, 0.3) is 5.91 Å². The molecule has 0 aliphatic heterocycles. The fraction of sp³-hybridized carbons (Fsp3) is 0.130.